The first-order chi connectivity index (χ1) is 6.79. The third-order valence-electron chi connectivity index (χ3n) is 2.00. The fourth-order valence-electron chi connectivity index (χ4n) is 1.34. The molecule has 2 N–H and O–H groups in total. The zero-order chi connectivity index (χ0) is 9.97. The van der Waals surface area contributed by atoms with Gasteiger partial charge in [0.2, 0.25) is 0 Å². The van der Waals surface area contributed by atoms with Crippen molar-refractivity contribution in [3.63, 3.8) is 0 Å². The van der Waals surface area contributed by atoms with Crippen LogP contribution in [0.1, 0.15) is 0 Å². The van der Waals surface area contributed by atoms with Gasteiger partial charge in [-0.05, 0) is 11.6 Å². The van der Waals surface area contributed by atoms with Crippen molar-refractivity contribution < 1.29 is 0 Å². The molecule has 0 saturated carbocycles. The summed E-state index contributed by atoms with van der Waals surface area (Å²) in [6.45, 7) is 0. The van der Waals surface area contributed by atoms with Crippen LogP contribution in [0.4, 0.5) is 5.69 Å². The molecule has 0 aliphatic carbocycles. The average Bonchev–Trinajstić information content (AvgIpc) is 2.19. The van der Waals surface area contributed by atoms with E-state index in [1.54, 1.807) is 12.3 Å². The van der Waals surface area contributed by atoms with Crippen LogP contribution < -0.4 is 5.73 Å². The molecule has 0 spiro atoms. The molecule has 1 aromatic heterocycles. The molecule has 2 nitrogen and oxygen atoms in total. The fraction of sp³-hybridized carbons (Fsp3) is 0. The maximum atomic E-state index is 5.97. The summed E-state index contributed by atoms with van der Waals surface area (Å²) in [7, 11) is 0. The highest BCUT2D eigenvalue weighted by Crippen LogP contribution is 2.30. The quantitative estimate of drug-likeness (QED) is 0.726. The summed E-state index contributed by atoms with van der Waals surface area (Å²) in [6, 6.07) is 11.5. The highest BCUT2D eigenvalue weighted by atomic mass is 35.5. The molecule has 0 bridgehead atoms. The zero-order valence-corrected chi connectivity index (χ0v) is 8.20. The van der Waals surface area contributed by atoms with Crippen LogP contribution in [0.5, 0.6) is 0 Å². The molecule has 0 aliphatic rings. The Balaban J connectivity index is 2.63. The lowest BCUT2D eigenvalue weighted by Crippen LogP contribution is -1.92. The van der Waals surface area contributed by atoms with Crippen LogP contribution in [0.15, 0.2) is 42.6 Å². The van der Waals surface area contributed by atoms with Gasteiger partial charge in [0.05, 0.1) is 0 Å². The summed E-state index contributed by atoms with van der Waals surface area (Å²) in [5.41, 5.74) is 8.27. The van der Waals surface area contributed by atoms with Gasteiger partial charge in [0.15, 0.2) is 0 Å². The first-order valence-electron chi connectivity index (χ1n) is 4.24. The van der Waals surface area contributed by atoms with Gasteiger partial charge in [-0.1, -0.05) is 41.9 Å². The summed E-state index contributed by atoms with van der Waals surface area (Å²) in [5, 5.41) is 0.441. The number of nitrogens with zero attached hydrogens (tertiary/aromatic N) is 1. The Morgan fingerprint density at radius 2 is 1.79 bits per heavy atom. The highest BCUT2D eigenvalue weighted by molar-refractivity contribution is 6.32. The van der Waals surface area contributed by atoms with Gasteiger partial charge < -0.3 is 5.73 Å². The molecule has 0 amide bonds. The lowest BCUT2D eigenvalue weighted by Gasteiger charge is -2.06. The molecule has 70 valence electrons. The topological polar surface area (TPSA) is 38.9 Å². The minimum absolute atomic E-state index is 0.441. The van der Waals surface area contributed by atoms with E-state index in [0.29, 0.717) is 10.8 Å². The number of benzene rings is 1. The number of pyridine rings is 1. The minimum atomic E-state index is 0.441. The van der Waals surface area contributed by atoms with Gasteiger partial charge in [-0.3, -0.25) is 0 Å². The first-order valence-corrected chi connectivity index (χ1v) is 4.62. The zero-order valence-electron chi connectivity index (χ0n) is 7.44. The summed E-state index contributed by atoms with van der Waals surface area (Å²) in [6.07, 6.45) is 1.60. The Hall–Kier alpha value is -1.54. The van der Waals surface area contributed by atoms with Gasteiger partial charge in [0.1, 0.15) is 5.15 Å². The maximum Gasteiger partial charge on any atom is 0.138 e. The number of rotatable bonds is 1. The minimum Gasteiger partial charge on any atom is -0.398 e. The second kappa shape index (κ2) is 3.68. The normalized spacial score (nSPS) is 10.1. The second-order valence-corrected chi connectivity index (χ2v) is 3.29. The molecular weight excluding hydrogens is 196 g/mol. The molecule has 0 radical (unpaired) electrons. The van der Waals surface area contributed by atoms with Crippen molar-refractivity contribution in [3.05, 3.63) is 47.7 Å². The van der Waals surface area contributed by atoms with E-state index in [-0.39, 0.29) is 0 Å². The Bertz CT molecular complexity index is 420. The van der Waals surface area contributed by atoms with Crippen LogP contribution in [0, 0.1) is 0 Å². The molecule has 0 unspecified atom stereocenters. The van der Waals surface area contributed by atoms with Gasteiger partial charge in [-0.25, -0.2) is 4.98 Å². The molecule has 1 aromatic carbocycles. The Labute approximate surface area is 87.4 Å². The van der Waals surface area contributed by atoms with Crippen molar-refractivity contribution in [1.29, 1.82) is 0 Å². The van der Waals surface area contributed by atoms with Gasteiger partial charge in [0.25, 0.3) is 0 Å². The predicted octanol–water partition coefficient (Wildman–Crippen LogP) is 2.98. The summed E-state index contributed by atoms with van der Waals surface area (Å²) in [5.74, 6) is 0. The van der Waals surface area contributed by atoms with Crippen LogP contribution in [0.2, 0.25) is 5.15 Å². The first kappa shape index (κ1) is 9.03. The lowest BCUT2D eigenvalue weighted by molar-refractivity contribution is 1.33. The fourth-order valence-corrected chi connectivity index (χ4v) is 1.62. The Morgan fingerprint density at radius 3 is 2.43 bits per heavy atom. The van der Waals surface area contributed by atoms with Crippen molar-refractivity contribution in [2.45, 2.75) is 0 Å². The molecule has 0 fully saturated rings. The molecule has 2 aromatic rings. The number of aromatic nitrogens is 1. The van der Waals surface area contributed by atoms with E-state index in [4.69, 9.17) is 17.3 Å². The molecule has 3 heteroatoms. The summed E-state index contributed by atoms with van der Waals surface area (Å²) in [4.78, 5) is 4.00. The van der Waals surface area contributed by atoms with E-state index >= 15 is 0 Å². The van der Waals surface area contributed by atoms with Crippen LogP contribution >= 0.6 is 11.6 Å². The lowest BCUT2D eigenvalue weighted by atomic mass is 10.1. The van der Waals surface area contributed by atoms with E-state index in [0.717, 1.165) is 11.1 Å². The second-order valence-electron chi connectivity index (χ2n) is 2.93. The van der Waals surface area contributed by atoms with Crippen LogP contribution in [-0.4, -0.2) is 4.98 Å². The predicted molar refractivity (Wildman–Crippen MR) is 59.1 cm³/mol. The number of halogens is 1. The van der Waals surface area contributed by atoms with Crippen molar-refractivity contribution in [1.82, 2.24) is 4.98 Å². The van der Waals surface area contributed by atoms with E-state index in [1.807, 2.05) is 30.3 Å². The van der Waals surface area contributed by atoms with Crippen LogP contribution in [0.25, 0.3) is 11.1 Å². The Morgan fingerprint density at radius 1 is 1.07 bits per heavy atom. The van der Waals surface area contributed by atoms with Gasteiger partial charge in [-0.2, -0.15) is 0 Å². The summed E-state index contributed by atoms with van der Waals surface area (Å²) >= 11 is 5.97. The SMILES string of the molecule is Nc1ccnc(Cl)c1-c1ccccc1. The molecular formula is C11H9ClN2. The molecule has 1 heterocycles. The smallest absolute Gasteiger partial charge is 0.138 e. The van der Waals surface area contributed by atoms with Gasteiger partial charge in [0, 0.05) is 17.4 Å². The van der Waals surface area contributed by atoms with Gasteiger partial charge in [-0.15, -0.1) is 0 Å². The largest absolute Gasteiger partial charge is 0.398 e. The van der Waals surface area contributed by atoms with Crippen LogP contribution in [-0.2, 0) is 0 Å². The molecule has 2 rings (SSSR count). The molecule has 0 atom stereocenters. The number of anilines is 1. The van der Waals surface area contributed by atoms with Crippen molar-refractivity contribution in [2.75, 3.05) is 5.73 Å². The van der Waals surface area contributed by atoms with E-state index < -0.39 is 0 Å². The molecule has 14 heavy (non-hydrogen) atoms. The third kappa shape index (κ3) is 1.56. The molecule has 0 aliphatic heterocycles. The van der Waals surface area contributed by atoms with E-state index in [9.17, 15) is 0 Å². The van der Waals surface area contributed by atoms with Crippen LogP contribution in [0.3, 0.4) is 0 Å². The van der Waals surface area contributed by atoms with E-state index in [2.05, 4.69) is 4.98 Å². The number of hydrogen-bond donors (Lipinski definition) is 1. The average molecular weight is 205 g/mol. The number of nitrogen functional groups attached to an aromatic ring is 1. The van der Waals surface area contributed by atoms with Crippen molar-refractivity contribution in [2.24, 2.45) is 0 Å². The van der Waals surface area contributed by atoms with Crippen molar-refractivity contribution >= 4 is 17.3 Å². The van der Waals surface area contributed by atoms with E-state index in [1.165, 1.54) is 0 Å². The molecule has 0 saturated heterocycles. The number of hydrogen-bond acceptors (Lipinski definition) is 2. The standard InChI is InChI=1S/C11H9ClN2/c12-11-10(9(13)6-7-14-11)8-4-2-1-3-5-8/h1-7H,(H2,13,14). The highest BCUT2D eigenvalue weighted by Gasteiger charge is 2.06. The number of nitrogens with two attached hydrogens (primary N) is 1. The Kier molecular flexibility index (Phi) is 2.37. The summed E-state index contributed by atoms with van der Waals surface area (Å²) < 4.78 is 0. The van der Waals surface area contributed by atoms with Gasteiger partial charge >= 0.3 is 0 Å². The third-order valence-corrected chi connectivity index (χ3v) is 2.29. The monoisotopic (exact) mass is 204 g/mol. The maximum absolute atomic E-state index is 5.97. The van der Waals surface area contributed by atoms with Crippen molar-refractivity contribution in [3.8, 4) is 11.1 Å².